The molecule has 2 aromatic carbocycles. The highest BCUT2D eigenvalue weighted by Gasteiger charge is 2.16. The van der Waals surface area contributed by atoms with E-state index in [2.05, 4.69) is 15.3 Å². The molecule has 0 amide bonds. The number of para-hydroxylation sites is 1. The Hall–Kier alpha value is -3.52. The predicted octanol–water partition coefficient (Wildman–Crippen LogP) is 1.91. The molecule has 2 heterocycles. The monoisotopic (exact) mass is 350 g/mol. The van der Waals surface area contributed by atoms with Gasteiger partial charge in [0.25, 0.3) is 0 Å². The highest BCUT2D eigenvalue weighted by Crippen LogP contribution is 2.34. The molecule has 0 spiro atoms. The number of hydrogen-bond donors (Lipinski definition) is 5. The number of nitrogens with two attached hydrogens (primary N) is 2. The van der Waals surface area contributed by atoms with Crippen molar-refractivity contribution in [2.45, 2.75) is 0 Å². The number of fused-ring (bicyclic) bond motifs is 3. The standard InChI is InChI=1S/C18H18N6O2/c19-6-7-21-17-18-22-9-13(10-4-5-14(25)15(26)8-10)24(18)12-3-1-2-11(20)16(12)23-17/h1-5,8-9,25-26H,6-7,19-20H2,(H,21,23). The Balaban J connectivity index is 2.06. The Kier molecular flexibility index (Phi) is 3.74. The molecule has 0 unspecified atom stereocenters. The second kappa shape index (κ2) is 6.08. The van der Waals surface area contributed by atoms with E-state index in [1.807, 2.05) is 16.5 Å². The number of aromatic nitrogens is 3. The van der Waals surface area contributed by atoms with Gasteiger partial charge >= 0.3 is 0 Å². The molecule has 8 nitrogen and oxygen atoms in total. The Morgan fingerprint density at radius 1 is 1.12 bits per heavy atom. The predicted molar refractivity (Wildman–Crippen MR) is 101 cm³/mol. The SMILES string of the molecule is NCCNc1nc2c(N)cccc2n2c(-c3ccc(O)c(O)c3)cnc12. The van der Waals surface area contributed by atoms with Crippen LogP contribution in [0.15, 0.2) is 42.6 Å². The highest BCUT2D eigenvalue weighted by atomic mass is 16.3. The number of nitrogen functional groups attached to an aromatic ring is 1. The number of benzene rings is 2. The summed E-state index contributed by atoms with van der Waals surface area (Å²) in [6.45, 7) is 0.999. The van der Waals surface area contributed by atoms with Crippen molar-refractivity contribution in [1.29, 1.82) is 0 Å². The third kappa shape index (κ3) is 2.44. The van der Waals surface area contributed by atoms with Gasteiger partial charge < -0.3 is 27.0 Å². The lowest BCUT2D eigenvalue weighted by molar-refractivity contribution is 0.404. The summed E-state index contributed by atoms with van der Waals surface area (Å²) in [5, 5.41) is 22.6. The summed E-state index contributed by atoms with van der Waals surface area (Å²) in [5.74, 6) is 0.204. The minimum atomic E-state index is -0.197. The van der Waals surface area contributed by atoms with Crippen LogP contribution < -0.4 is 16.8 Å². The maximum atomic E-state index is 9.86. The van der Waals surface area contributed by atoms with Crippen molar-refractivity contribution >= 4 is 28.2 Å². The van der Waals surface area contributed by atoms with Crippen molar-refractivity contribution in [2.24, 2.45) is 5.73 Å². The third-order valence-corrected chi connectivity index (χ3v) is 4.19. The Morgan fingerprint density at radius 3 is 2.73 bits per heavy atom. The van der Waals surface area contributed by atoms with Gasteiger partial charge in [-0.15, -0.1) is 0 Å². The molecule has 0 saturated carbocycles. The van der Waals surface area contributed by atoms with Crippen LogP contribution in [0.25, 0.3) is 27.9 Å². The van der Waals surface area contributed by atoms with Gasteiger partial charge in [-0.1, -0.05) is 6.07 Å². The first-order valence-corrected chi connectivity index (χ1v) is 8.12. The molecule has 0 aliphatic rings. The molecule has 0 saturated heterocycles. The summed E-state index contributed by atoms with van der Waals surface area (Å²) < 4.78 is 1.92. The van der Waals surface area contributed by atoms with E-state index in [0.717, 1.165) is 11.2 Å². The van der Waals surface area contributed by atoms with Crippen LogP contribution in [0.5, 0.6) is 11.5 Å². The first-order valence-electron chi connectivity index (χ1n) is 8.12. The number of anilines is 2. The van der Waals surface area contributed by atoms with Crippen LogP contribution in [0.1, 0.15) is 0 Å². The van der Waals surface area contributed by atoms with Crippen molar-refractivity contribution in [3.63, 3.8) is 0 Å². The van der Waals surface area contributed by atoms with Crippen molar-refractivity contribution in [2.75, 3.05) is 24.1 Å². The summed E-state index contributed by atoms with van der Waals surface area (Å²) in [6.07, 6.45) is 1.69. The first-order chi connectivity index (χ1) is 12.6. The lowest BCUT2D eigenvalue weighted by atomic mass is 10.1. The number of aromatic hydroxyl groups is 2. The number of nitrogens with one attached hydrogen (secondary N) is 1. The molecule has 0 fully saturated rings. The van der Waals surface area contributed by atoms with Gasteiger partial charge in [-0.25, -0.2) is 9.97 Å². The van der Waals surface area contributed by atoms with E-state index < -0.39 is 0 Å². The van der Waals surface area contributed by atoms with Gasteiger partial charge in [-0.2, -0.15) is 0 Å². The third-order valence-electron chi connectivity index (χ3n) is 4.19. The van der Waals surface area contributed by atoms with E-state index >= 15 is 0 Å². The number of nitrogens with zero attached hydrogens (tertiary/aromatic N) is 3. The number of imidazole rings is 1. The number of rotatable bonds is 4. The van der Waals surface area contributed by atoms with Gasteiger partial charge in [0.2, 0.25) is 0 Å². The van der Waals surface area contributed by atoms with E-state index in [9.17, 15) is 10.2 Å². The zero-order chi connectivity index (χ0) is 18.3. The molecule has 4 rings (SSSR count). The average Bonchev–Trinajstić information content (AvgIpc) is 3.08. The normalized spacial score (nSPS) is 11.3. The summed E-state index contributed by atoms with van der Waals surface area (Å²) >= 11 is 0. The van der Waals surface area contributed by atoms with E-state index in [-0.39, 0.29) is 11.5 Å². The van der Waals surface area contributed by atoms with Crippen molar-refractivity contribution in [3.8, 4) is 22.8 Å². The molecule has 0 radical (unpaired) electrons. The maximum Gasteiger partial charge on any atom is 0.181 e. The molecule has 8 heteroatoms. The average molecular weight is 350 g/mol. The molecule has 0 atom stereocenters. The van der Waals surface area contributed by atoms with Crippen molar-refractivity contribution < 1.29 is 10.2 Å². The molecular formula is C18H18N6O2. The van der Waals surface area contributed by atoms with Crippen LogP contribution in [0.3, 0.4) is 0 Å². The smallest absolute Gasteiger partial charge is 0.181 e. The molecule has 0 aliphatic heterocycles. The molecule has 132 valence electrons. The van der Waals surface area contributed by atoms with Gasteiger partial charge in [0.15, 0.2) is 23.0 Å². The minimum absolute atomic E-state index is 0.177. The molecular weight excluding hydrogens is 332 g/mol. The molecule has 2 aromatic heterocycles. The summed E-state index contributed by atoms with van der Waals surface area (Å²) in [6, 6.07) is 10.2. The van der Waals surface area contributed by atoms with Gasteiger partial charge in [0.05, 0.1) is 23.1 Å². The van der Waals surface area contributed by atoms with E-state index in [1.165, 1.54) is 12.1 Å². The van der Waals surface area contributed by atoms with Gasteiger partial charge in [0, 0.05) is 18.7 Å². The fourth-order valence-electron chi connectivity index (χ4n) is 2.97. The van der Waals surface area contributed by atoms with Crippen LogP contribution >= 0.6 is 0 Å². The second-order valence-electron chi connectivity index (χ2n) is 5.90. The van der Waals surface area contributed by atoms with Crippen LogP contribution in [-0.2, 0) is 0 Å². The summed E-state index contributed by atoms with van der Waals surface area (Å²) in [5.41, 5.74) is 15.8. The molecule has 26 heavy (non-hydrogen) atoms. The maximum absolute atomic E-state index is 9.86. The Bertz CT molecular complexity index is 1120. The fraction of sp³-hybridized carbons (Fsp3) is 0.111. The van der Waals surface area contributed by atoms with Crippen molar-refractivity contribution in [3.05, 3.63) is 42.6 Å². The van der Waals surface area contributed by atoms with Gasteiger partial charge in [-0.3, -0.25) is 4.40 Å². The zero-order valence-electron chi connectivity index (χ0n) is 13.8. The largest absolute Gasteiger partial charge is 0.504 e. The van der Waals surface area contributed by atoms with Crippen LogP contribution in [0, 0.1) is 0 Å². The molecule has 7 N–H and O–H groups in total. The minimum Gasteiger partial charge on any atom is -0.504 e. The number of hydrogen-bond acceptors (Lipinski definition) is 7. The Labute approximate surface area is 148 Å². The molecule has 4 aromatic rings. The number of phenols is 2. The Morgan fingerprint density at radius 2 is 1.96 bits per heavy atom. The fourth-order valence-corrected chi connectivity index (χ4v) is 2.97. The topological polar surface area (TPSA) is 135 Å². The van der Waals surface area contributed by atoms with Crippen LogP contribution in [0.4, 0.5) is 11.5 Å². The summed E-state index contributed by atoms with van der Waals surface area (Å²) in [4.78, 5) is 9.11. The first kappa shape index (κ1) is 16.0. The van der Waals surface area contributed by atoms with Crippen LogP contribution in [-0.4, -0.2) is 37.7 Å². The summed E-state index contributed by atoms with van der Waals surface area (Å²) in [7, 11) is 0. The lowest BCUT2D eigenvalue weighted by Gasteiger charge is -2.12. The zero-order valence-corrected chi connectivity index (χ0v) is 13.8. The quantitative estimate of drug-likeness (QED) is 0.280. The van der Waals surface area contributed by atoms with E-state index in [0.29, 0.717) is 41.3 Å². The van der Waals surface area contributed by atoms with E-state index in [1.54, 1.807) is 18.3 Å². The van der Waals surface area contributed by atoms with Gasteiger partial charge in [-0.05, 0) is 30.3 Å². The van der Waals surface area contributed by atoms with Gasteiger partial charge in [0.1, 0.15) is 5.52 Å². The molecule has 0 aliphatic carbocycles. The number of phenolic OH excluding ortho intramolecular Hbond substituents is 2. The second-order valence-corrected chi connectivity index (χ2v) is 5.90. The molecule has 0 bridgehead atoms. The lowest BCUT2D eigenvalue weighted by Crippen LogP contribution is -2.15. The van der Waals surface area contributed by atoms with E-state index in [4.69, 9.17) is 11.5 Å². The van der Waals surface area contributed by atoms with Crippen molar-refractivity contribution in [1.82, 2.24) is 14.4 Å². The van der Waals surface area contributed by atoms with Crippen LogP contribution in [0.2, 0.25) is 0 Å². The highest BCUT2D eigenvalue weighted by molar-refractivity contribution is 5.93.